The molecule has 0 radical (unpaired) electrons. The molecule has 248 valence electrons. The fourth-order valence-electron chi connectivity index (χ4n) is 6.66. The number of halogens is 3. The zero-order valence-electron chi connectivity index (χ0n) is 25.3. The van der Waals surface area contributed by atoms with E-state index in [4.69, 9.17) is 31.5 Å². The van der Waals surface area contributed by atoms with Crippen molar-refractivity contribution in [3.05, 3.63) is 99.6 Å². The predicted molar refractivity (Wildman–Crippen MR) is 172 cm³/mol. The SMILES string of the molecule is CS[C@H]1O[C@@H](c2ccc(Cl)c(Cc3ccc(O[C@@H]4CCN([C@H]5CO[C@H](c6cc(F)ccc6F)[C@@H](N)C5)C4)cc3)c2)[C@H](O)[C@@H](O)[C@@H]1O. The van der Waals surface area contributed by atoms with Gasteiger partial charge >= 0.3 is 0 Å². The summed E-state index contributed by atoms with van der Waals surface area (Å²) >= 11 is 7.81. The number of aliphatic hydroxyl groups is 3. The Labute approximate surface area is 276 Å². The molecule has 12 heteroatoms. The second-order valence-corrected chi connectivity index (χ2v) is 13.6. The summed E-state index contributed by atoms with van der Waals surface area (Å²) in [5, 5.41) is 31.7. The van der Waals surface area contributed by atoms with Crippen LogP contribution in [-0.2, 0) is 15.9 Å². The minimum atomic E-state index is -1.33. The standard InChI is InChI=1S/C34H39ClF2N2O6S/c1-46-34-31(42)29(40)30(41)32(45-34)19-4-8-26(35)20(13-19)12-18-2-6-23(7-3-18)44-24-10-11-39(16-24)22-15-28(38)33(43-17-22)25-14-21(36)5-9-27(25)37/h2-9,13-14,22,24,28-34,40-42H,10-12,15-17,38H2,1H3/t22-,24-,28+,29-,30-,31+,32+,33-,34-/m1/s1. The number of rotatable bonds is 8. The highest BCUT2D eigenvalue weighted by Crippen LogP contribution is 2.37. The van der Waals surface area contributed by atoms with Crippen LogP contribution in [0.25, 0.3) is 0 Å². The van der Waals surface area contributed by atoms with Gasteiger partial charge in [0.15, 0.2) is 0 Å². The van der Waals surface area contributed by atoms with E-state index in [1.54, 1.807) is 18.4 Å². The van der Waals surface area contributed by atoms with E-state index in [2.05, 4.69) is 4.90 Å². The maximum absolute atomic E-state index is 14.3. The normalized spacial score (nSPS) is 32.0. The van der Waals surface area contributed by atoms with Gasteiger partial charge in [0, 0.05) is 35.8 Å². The number of hydrogen-bond acceptors (Lipinski definition) is 9. The molecule has 0 unspecified atom stereocenters. The van der Waals surface area contributed by atoms with Crippen LogP contribution in [0.5, 0.6) is 5.75 Å². The Morgan fingerprint density at radius 1 is 1.00 bits per heavy atom. The Morgan fingerprint density at radius 3 is 2.52 bits per heavy atom. The zero-order chi connectivity index (χ0) is 32.5. The van der Waals surface area contributed by atoms with E-state index in [0.29, 0.717) is 36.6 Å². The highest BCUT2D eigenvalue weighted by Gasteiger charge is 2.44. The number of ether oxygens (including phenoxy) is 3. The smallest absolute Gasteiger partial charge is 0.132 e. The van der Waals surface area contributed by atoms with E-state index >= 15 is 0 Å². The van der Waals surface area contributed by atoms with Crippen molar-refractivity contribution in [2.75, 3.05) is 26.0 Å². The Balaban J connectivity index is 1.03. The van der Waals surface area contributed by atoms with Crippen molar-refractivity contribution in [2.45, 2.75) is 73.4 Å². The van der Waals surface area contributed by atoms with Crippen LogP contribution in [0.3, 0.4) is 0 Å². The molecule has 3 fully saturated rings. The Kier molecular flexibility index (Phi) is 10.5. The number of aliphatic hydroxyl groups excluding tert-OH is 3. The fraction of sp³-hybridized carbons (Fsp3) is 0.471. The third kappa shape index (κ3) is 7.23. The first-order valence-corrected chi connectivity index (χ1v) is 17.1. The van der Waals surface area contributed by atoms with Gasteiger partial charge in [-0.15, -0.1) is 11.8 Å². The second kappa shape index (κ2) is 14.4. The van der Waals surface area contributed by atoms with Crippen molar-refractivity contribution < 1.29 is 38.3 Å². The number of benzene rings is 3. The van der Waals surface area contributed by atoms with Crippen molar-refractivity contribution in [1.82, 2.24) is 4.90 Å². The van der Waals surface area contributed by atoms with Crippen molar-refractivity contribution in [1.29, 1.82) is 0 Å². The molecule has 9 atom stereocenters. The molecule has 0 amide bonds. The molecule has 0 aliphatic carbocycles. The summed E-state index contributed by atoms with van der Waals surface area (Å²) in [4.78, 5) is 2.29. The zero-order valence-corrected chi connectivity index (χ0v) is 26.9. The van der Waals surface area contributed by atoms with E-state index in [0.717, 1.165) is 48.0 Å². The molecule has 3 aliphatic rings. The molecule has 8 nitrogen and oxygen atoms in total. The van der Waals surface area contributed by atoms with Crippen LogP contribution in [0.2, 0.25) is 5.02 Å². The minimum Gasteiger partial charge on any atom is -0.489 e. The van der Waals surface area contributed by atoms with Crippen LogP contribution < -0.4 is 10.5 Å². The lowest BCUT2D eigenvalue weighted by Crippen LogP contribution is -2.52. The lowest BCUT2D eigenvalue weighted by molar-refractivity contribution is -0.200. The largest absolute Gasteiger partial charge is 0.489 e. The Bertz CT molecular complexity index is 1500. The van der Waals surface area contributed by atoms with E-state index in [9.17, 15) is 24.1 Å². The molecule has 0 bridgehead atoms. The Morgan fingerprint density at radius 2 is 1.78 bits per heavy atom. The summed E-state index contributed by atoms with van der Waals surface area (Å²) in [5.41, 5.74) is 8.40. The summed E-state index contributed by atoms with van der Waals surface area (Å²) in [7, 11) is 0. The molecule has 3 heterocycles. The van der Waals surface area contributed by atoms with E-state index in [1.807, 2.05) is 30.3 Å². The average molecular weight is 677 g/mol. The van der Waals surface area contributed by atoms with Gasteiger partial charge < -0.3 is 35.3 Å². The number of nitrogens with zero attached hydrogens (tertiary/aromatic N) is 1. The molecule has 0 spiro atoms. The maximum Gasteiger partial charge on any atom is 0.132 e. The van der Waals surface area contributed by atoms with Gasteiger partial charge in [-0.3, -0.25) is 4.90 Å². The number of likely N-dealkylation sites (tertiary alicyclic amines) is 1. The number of thioether (sulfide) groups is 1. The van der Waals surface area contributed by atoms with Gasteiger partial charge in [-0.2, -0.15) is 0 Å². The fourth-order valence-corrected chi connectivity index (χ4v) is 7.51. The van der Waals surface area contributed by atoms with Gasteiger partial charge in [0.1, 0.15) is 59.4 Å². The van der Waals surface area contributed by atoms with Gasteiger partial charge in [-0.1, -0.05) is 35.9 Å². The lowest BCUT2D eigenvalue weighted by atomic mass is 9.92. The van der Waals surface area contributed by atoms with Crippen molar-refractivity contribution in [2.24, 2.45) is 5.73 Å². The first-order chi connectivity index (χ1) is 22.1. The summed E-state index contributed by atoms with van der Waals surface area (Å²) in [6, 6.07) is 16.2. The van der Waals surface area contributed by atoms with Gasteiger partial charge in [-0.25, -0.2) is 8.78 Å². The monoisotopic (exact) mass is 676 g/mol. The van der Waals surface area contributed by atoms with Crippen LogP contribution in [0.1, 0.15) is 47.3 Å². The van der Waals surface area contributed by atoms with E-state index in [1.165, 1.54) is 11.8 Å². The van der Waals surface area contributed by atoms with E-state index in [-0.39, 0.29) is 17.7 Å². The molecule has 0 aromatic heterocycles. The molecule has 5 N–H and O–H groups in total. The quantitative estimate of drug-likeness (QED) is 0.276. The second-order valence-electron chi connectivity index (χ2n) is 12.3. The number of hydrogen-bond donors (Lipinski definition) is 4. The van der Waals surface area contributed by atoms with Gasteiger partial charge in [0.2, 0.25) is 0 Å². The average Bonchev–Trinajstić information content (AvgIpc) is 3.52. The van der Waals surface area contributed by atoms with Crippen LogP contribution in [-0.4, -0.2) is 88.1 Å². The predicted octanol–water partition coefficient (Wildman–Crippen LogP) is 4.36. The third-order valence-corrected chi connectivity index (χ3v) is 10.4. The molecule has 46 heavy (non-hydrogen) atoms. The molecule has 3 aromatic rings. The molecular formula is C34H39ClF2N2O6S. The molecule has 6 rings (SSSR count). The highest BCUT2D eigenvalue weighted by atomic mass is 35.5. The molecule has 3 saturated heterocycles. The first-order valence-electron chi connectivity index (χ1n) is 15.4. The van der Waals surface area contributed by atoms with Gasteiger partial charge in [-0.05, 0) is 78.6 Å². The molecular weight excluding hydrogens is 638 g/mol. The molecule has 3 aromatic carbocycles. The number of nitrogens with two attached hydrogens (primary N) is 1. The van der Waals surface area contributed by atoms with Crippen LogP contribution in [0, 0.1) is 11.6 Å². The Hall–Kier alpha value is -2.32. The maximum atomic E-state index is 14.3. The summed E-state index contributed by atoms with van der Waals surface area (Å²) in [6.07, 6.45) is -1.52. The van der Waals surface area contributed by atoms with Crippen LogP contribution in [0.15, 0.2) is 60.7 Å². The third-order valence-electron chi connectivity index (χ3n) is 9.18. The topological polar surface area (TPSA) is 118 Å². The molecule has 0 saturated carbocycles. The van der Waals surface area contributed by atoms with Gasteiger partial charge in [0.05, 0.1) is 6.61 Å². The lowest BCUT2D eigenvalue weighted by Gasteiger charge is -2.40. The van der Waals surface area contributed by atoms with Crippen molar-refractivity contribution >= 4 is 23.4 Å². The van der Waals surface area contributed by atoms with E-state index < -0.39 is 53.6 Å². The first kappa shape index (κ1) is 33.6. The summed E-state index contributed by atoms with van der Waals surface area (Å²) in [5.74, 6) is -0.278. The van der Waals surface area contributed by atoms with Crippen molar-refractivity contribution in [3.63, 3.8) is 0 Å². The molecule has 3 aliphatic heterocycles. The van der Waals surface area contributed by atoms with Crippen LogP contribution >= 0.6 is 23.4 Å². The summed E-state index contributed by atoms with van der Waals surface area (Å²) < 4.78 is 46.2. The van der Waals surface area contributed by atoms with Gasteiger partial charge in [0.25, 0.3) is 0 Å². The minimum absolute atomic E-state index is 0.00696. The summed E-state index contributed by atoms with van der Waals surface area (Å²) in [6.45, 7) is 1.92. The van der Waals surface area contributed by atoms with Crippen molar-refractivity contribution in [3.8, 4) is 5.75 Å². The highest BCUT2D eigenvalue weighted by molar-refractivity contribution is 7.99. The van der Waals surface area contributed by atoms with Crippen LogP contribution in [0.4, 0.5) is 8.78 Å².